The monoisotopic (exact) mass is 816 g/mol. The van der Waals surface area contributed by atoms with Crippen molar-refractivity contribution in [2.24, 2.45) is 0 Å². The normalized spacial score (nSPS) is 13.2. The van der Waals surface area contributed by atoms with Gasteiger partial charge in [-0.05, 0) is 64.3 Å². The Balaban J connectivity index is 0.000000191. The molecule has 0 N–H and O–H groups in total. The fraction of sp³-hybridized carbons (Fsp3) is 0.0455. The first-order chi connectivity index (χ1) is 26.0. The van der Waals surface area contributed by atoms with Crippen LogP contribution >= 0.6 is 0 Å². The number of benzene rings is 6. The first kappa shape index (κ1) is 25.4. The third-order valence-corrected chi connectivity index (χ3v) is 8.27. The van der Waals surface area contributed by atoms with Crippen LogP contribution < -0.4 is 0 Å². The van der Waals surface area contributed by atoms with Crippen LogP contribution in [0.25, 0.3) is 72.2 Å². The zero-order valence-corrected chi connectivity index (χ0v) is 28.4. The van der Waals surface area contributed by atoms with Gasteiger partial charge in [0.25, 0.3) is 0 Å². The molecule has 6 aromatic carbocycles. The van der Waals surface area contributed by atoms with Crippen molar-refractivity contribution in [3.63, 3.8) is 0 Å². The molecule has 0 saturated heterocycles. The molecule has 0 saturated carbocycles. The number of pyridine rings is 1. The SMILES string of the molecule is [2H]C([2H])([2H])c1c[c-]c(-c2ccc(C([2H])([2H])[2H])cn2)cc1.[Ir].[c-]1oc2c(ccc3ccccc32)c1-c1nc2ccccc2n1-c1ccc(-c2ccccc2)cc1. The van der Waals surface area contributed by atoms with Crippen LogP contribution in [0.3, 0.4) is 0 Å². The van der Waals surface area contributed by atoms with E-state index in [1.165, 1.54) is 35.5 Å². The van der Waals surface area contributed by atoms with Gasteiger partial charge in [-0.25, -0.2) is 0 Å². The molecule has 9 rings (SSSR count). The summed E-state index contributed by atoms with van der Waals surface area (Å²) in [6.45, 7) is -4.34. The molecule has 4 nitrogen and oxygen atoms in total. The van der Waals surface area contributed by atoms with E-state index in [1.54, 1.807) is 12.1 Å². The number of imidazole rings is 1. The van der Waals surface area contributed by atoms with Crippen molar-refractivity contribution >= 4 is 32.8 Å². The second kappa shape index (κ2) is 13.9. The molecule has 9 aromatic rings. The number of fused-ring (bicyclic) bond motifs is 4. The maximum absolute atomic E-state index is 7.28. The van der Waals surface area contributed by atoms with Crippen LogP contribution in [-0.2, 0) is 20.1 Å². The van der Waals surface area contributed by atoms with Crippen LogP contribution in [0.5, 0.6) is 0 Å². The first-order valence-electron chi connectivity index (χ1n) is 18.5. The predicted octanol–water partition coefficient (Wildman–Crippen LogP) is 11.2. The molecule has 5 heteroatoms. The van der Waals surface area contributed by atoms with Crippen LogP contribution in [0.2, 0.25) is 0 Å². The molecule has 3 aromatic heterocycles. The minimum absolute atomic E-state index is 0. The van der Waals surface area contributed by atoms with E-state index in [2.05, 4.69) is 101 Å². The number of hydrogen-bond donors (Lipinski definition) is 0. The predicted molar refractivity (Wildman–Crippen MR) is 196 cm³/mol. The van der Waals surface area contributed by atoms with Crippen molar-refractivity contribution in [1.82, 2.24) is 14.5 Å². The fourth-order valence-corrected chi connectivity index (χ4v) is 5.90. The van der Waals surface area contributed by atoms with Gasteiger partial charge >= 0.3 is 0 Å². The maximum Gasteiger partial charge on any atom is 0.0774 e. The van der Waals surface area contributed by atoms with Crippen LogP contribution in [0.15, 0.2) is 156 Å². The molecular formula is C44H31IrN3O-2. The zero-order valence-electron chi connectivity index (χ0n) is 32.0. The summed E-state index contributed by atoms with van der Waals surface area (Å²) < 4.78 is 51.8. The van der Waals surface area contributed by atoms with Crippen molar-refractivity contribution in [2.75, 3.05) is 0 Å². The van der Waals surface area contributed by atoms with Crippen LogP contribution in [0.4, 0.5) is 0 Å². The van der Waals surface area contributed by atoms with E-state index in [-0.39, 0.29) is 31.2 Å². The smallest absolute Gasteiger partial charge is 0.0774 e. The molecule has 3 heterocycles. The Labute approximate surface area is 307 Å². The Hall–Kier alpha value is -5.61. The van der Waals surface area contributed by atoms with Crippen molar-refractivity contribution in [1.29, 1.82) is 0 Å². The van der Waals surface area contributed by atoms with Crippen LogP contribution in [0, 0.1) is 26.0 Å². The standard InChI is InChI=1S/C31H19N2O.C13H12N.Ir/c1-2-8-21(9-3-1)22-14-17-24(18-15-22)33-29-13-7-6-12-28(29)32-31(33)27-20-34-30-25-11-5-4-10-23(25)16-19-26(27)30;1-10-3-6-12(7-4-10)13-8-5-11(2)9-14-13;/h1-19H;3-6,8-9H,1-2H3;/q2*-1;/i;1D3,2D3;. The summed E-state index contributed by atoms with van der Waals surface area (Å²) in [6.07, 6.45) is 4.47. The minimum atomic E-state index is -2.18. The van der Waals surface area contributed by atoms with Gasteiger partial charge in [-0.1, -0.05) is 115 Å². The third kappa shape index (κ3) is 6.35. The molecule has 0 unspecified atom stereocenters. The van der Waals surface area contributed by atoms with E-state index in [4.69, 9.17) is 17.6 Å². The van der Waals surface area contributed by atoms with Crippen LogP contribution in [0.1, 0.15) is 19.4 Å². The first-order valence-corrected chi connectivity index (χ1v) is 15.5. The summed E-state index contributed by atoms with van der Waals surface area (Å²) in [6, 6.07) is 50.2. The Bertz CT molecular complexity index is 2670. The second-order valence-electron chi connectivity index (χ2n) is 11.3. The Kier molecular flexibility index (Phi) is 7.19. The molecule has 0 amide bonds. The quantitative estimate of drug-likeness (QED) is 0.166. The number of furan rings is 1. The maximum atomic E-state index is 7.28. The summed E-state index contributed by atoms with van der Waals surface area (Å²) >= 11 is 0. The summed E-state index contributed by atoms with van der Waals surface area (Å²) in [5.74, 6) is 0.822. The molecule has 49 heavy (non-hydrogen) atoms. The fourth-order valence-electron chi connectivity index (χ4n) is 5.90. The molecule has 0 aliphatic heterocycles. The average Bonchev–Trinajstić information content (AvgIpc) is 3.80. The zero-order chi connectivity index (χ0) is 37.5. The Morgan fingerprint density at radius 1 is 0.673 bits per heavy atom. The van der Waals surface area contributed by atoms with Crippen LogP contribution in [-0.4, -0.2) is 14.5 Å². The number of para-hydroxylation sites is 2. The second-order valence-corrected chi connectivity index (χ2v) is 11.3. The molecular weight excluding hydrogens is 779 g/mol. The molecule has 0 spiro atoms. The van der Waals surface area contributed by atoms with Gasteiger partial charge in [0.15, 0.2) is 0 Å². The number of rotatable bonds is 4. The number of nitrogens with zero attached hydrogens (tertiary/aromatic N) is 3. The summed E-state index contributed by atoms with van der Waals surface area (Å²) in [7, 11) is 0. The summed E-state index contributed by atoms with van der Waals surface area (Å²) in [5, 5.41) is 3.24. The topological polar surface area (TPSA) is 43.9 Å². The number of hydrogen-bond acceptors (Lipinski definition) is 3. The Morgan fingerprint density at radius 2 is 1.43 bits per heavy atom. The van der Waals surface area contributed by atoms with E-state index in [9.17, 15) is 0 Å². The molecule has 0 aliphatic carbocycles. The molecule has 0 bridgehead atoms. The third-order valence-electron chi connectivity index (χ3n) is 8.27. The number of aromatic nitrogens is 3. The van der Waals surface area contributed by atoms with Gasteiger partial charge in [-0.15, -0.1) is 41.5 Å². The Morgan fingerprint density at radius 3 is 2.20 bits per heavy atom. The molecule has 239 valence electrons. The largest absolute Gasteiger partial charge is 0.557 e. The van der Waals surface area contributed by atoms with Gasteiger partial charge in [0, 0.05) is 52.1 Å². The van der Waals surface area contributed by atoms with Gasteiger partial charge in [0.05, 0.1) is 16.9 Å². The van der Waals surface area contributed by atoms with E-state index in [0.29, 0.717) is 11.3 Å². The molecule has 0 fully saturated rings. The summed E-state index contributed by atoms with van der Waals surface area (Å²) in [5.41, 5.74) is 8.67. The average molecular weight is 816 g/mol. The number of aryl methyl sites for hydroxylation is 2. The van der Waals surface area contributed by atoms with Crippen molar-refractivity contribution in [2.45, 2.75) is 13.7 Å². The summed E-state index contributed by atoms with van der Waals surface area (Å²) in [4.78, 5) is 9.09. The van der Waals surface area contributed by atoms with E-state index < -0.39 is 13.7 Å². The van der Waals surface area contributed by atoms with E-state index in [0.717, 1.165) is 49.9 Å². The van der Waals surface area contributed by atoms with E-state index in [1.807, 2.05) is 36.4 Å². The van der Waals surface area contributed by atoms with E-state index >= 15 is 0 Å². The molecule has 0 aliphatic rings. The van der Waals surface area contributed by atoms with Crippen molar-refractivity contribution in [3.05, 3.63) is 175 Å². The molecule has 1 radical (unpaired) electrons. The van der Waals surface area contributed by atoms with Gasteiger partial charge in [-0.3, -0.25) is 4.98 Å². The van der Waals surface area contributed by atoms with Gasteiger partial charge in [0.1, 0.15) is 0 Å². The van der Waals surface area contributed by atoms with Gasteiger partial charge in [0.2, 0.25) is 0 Å². The van der Waals surface area contributed by atoms with Gasteiger partial charge < -0.3 is 14.0 Å². The minimum Gasteiger partial charge on any atom is -0.557 e. The van der Waals surface area contributed by atoms with Crippen molar-refractivity contribution < 1.29 is 32.7 Å². The van der Waals surface area contributed by atoms with Crippen molar-refractivity contribution in [3.8, 4) is 39.5 Å². The molecule has 0 atom stereocenters. The van der Waals surface area contributed by atoms with Gasteiger partial charge in [-0.2, -0.15) is 0 Å².